The number of ether oxygens (including phenoxy) is 1. The minimum absolute atomic E-state index is 0.138. The molecule has 0 N–H and O–H groups in total. The van der Waals surface area contributed by atoms with Gasteiger partial charge in [-0.3, -0.25) is 4.79 Å². The minimum Gasteiger partial charge on any atom is -0.497 e. The highest BCUT2D eigenvalue weighted by Crippen LogP contribution is 2.29. The van der Waals surface area contributed by atoms with Gasteiger partial charge in [-0.15, -0.1) is 0 Å². The second-order valence-corrected chi connectivity index (χ2v) is 7.67. The number of carbonyl (C=O) groups excluding carboxylic acids is 1. The zero-order chi connectivity index (χ0) is 20.1. The molecule has 1 unspecified atom stereocenters. The molecular weight excluding hydrogens is 350 g/mol. The third-order valence-electron chi connectivity index (χ3n) is 5.51. The van der Waals surface area contributed by atoms with Crippen molar-refractivity contribution >= 4 is 17.3 Å². The molecule has 0 aliphatic carbocycles. The number of hydrogen-bond donors (Lipinski definition) is 0. The molecule has 0 bridgehead atoms. The van der Waals surface area contributed by atoms with Crippen LogP contribution >= 0.6 is 0 Å². The fourth-order valence-corrected chi connectivity index (χ4v) is 3.45. The monoisotopic (exact) mass is 381 g/mol. The summed E-state index contributed by atoms with van der Waals surface area (Å²) in [5.41, 5.74) is 2.91. The highest BCUT2D eigenvalue weighted by molar-refractivity contribution is 5.94. The summed E-state index contributed by atoms with van der Waals surface area (Å²) in [7, 11) is 5.86. The molecule has 2 aromatic rings. The molecule has 1 aliphatic rings. The number of amides is 1. The van der Waals surface area contributed by atoms with Crippen molar-refractivity contribution < 1.29 is 9.53 Å². The first-order valence-corrected chi connectivity index (χ1v) is 9.97. The van der Waals surface area contributed by atoms with E-state index < -0.39 is 0 Å². The van der Waals surface area contributed by atoms with E-state index in [1.165, 1.54) is 0 Å². The fourth-order valence-electron chi connectivity index (χ4n) is 3.45. The lowest BCUT2D eigenvalue weighted by atomic mass is 10.1. The van der Waals surface area contributed by atoms with Gasteiger partial charge in [-0.1, -0.05) is 6.07 Å². The van der Waals surface area contributed by atoms with Crippen molar-refractivity contribution in [2.24, 2.45) is 0 Å². The summed E-state index contributed by atoms with van der Waals surface area (Å²) >= 11 is 0. The van der Waals surface area contributed by atoms with Crippen molar-refractivity contribution in [3.8, 4) is 5.75 Å². The standard InChI is InChI=1S/C23H31N3O2/c1-18(24(2)3)17-26(21-8-7-9-22(16-21)28-4)20-12-10-19(11-13-20)23(27)25-14-5-6-15-25/h7-13,16,18H,5-6,14-15,17H2,1-4H3. The second kappa shape index (κ2) is 9.11. The van der Waals surface area contributed by atoms with Gasteiger partial charge >= 0.3 is 0 Å². The van der Waals surface area contributed by atoms with Gasteiger partial charge < -0.3 is 19.4 Å². The van der Waals surface area contributed by atoms with Gasteiger partial charge in [0.2, 0.25) is 0 Å². The van der Waals surface area contributed by atoms with E-state index in [0.717, 1.165) is 55.2 Å². The number of likely N-dealkylation sites (tertiary alicyclic amines) is 1. The van der Waals surface area contributed by atoms with E-state index in [4.69, 9.17) is 4.74 Å². The summed E-state index contributed by atoms with van der Waals surface area (Å²) in [4.78, 5) is 19.1. The lowest BCUT2D eigenvalue weighted by Crippen LogP contribution is -2.36. The lowest BCUT2D eigenvalue weighted by molar-refractivity contribution is 0.0793. The smallest absolute Gasteiger partial charge is 0.253 e. The van der Waals surface area contributed by atoms with Crippen LogP contribution in [-0.4, -0.2) is 62.6 Å². The van der Waals surface area contributed by atoms with E-state index in [2.05, 4.69) is 36.9 Å². The Morgan fingerprint density at radius 2 is 1.75 bits per heavy atom. The van der Waals surface area contributed by atoms with E-state index >= 15 is 0 Å². The molecular formula is C23H31N3O2. The number of nitrogens with zero attached hydrogens (tertiary/aromatic N) is 3. The van der Waals surface area contributed by atoms with Crippen molar-refractivity contribution in [2.45, 2.75) is 25.8 Å². The van der Waals surface area contributed by atoms with E-state index in [9.17, 15) is 4.79 Å². The molecule has 5 nitrogen and oxygen atoms in total. The Kier molecular flexibility index (Phi) is 6.57. The number of methoxy groups -OCH3 is 1. The highest BCUT2D eigenvalue weighted by Gasteiger charge is 2.20. The van der Waals surface area contributed by atoms with Crippen LogP contribution in [-0.2, 0) is 0 Å². The fraction of sp³-hybridized carbons (Fsp3) is 0.435. The van der Waals surface area contributed by atoms with Crippen molar-refractivity contribution in [1.29, 1.82) is 0 Å². The van der Waals surface area contributed by atoms with Gasteiger partial charge in [0.15, 0.2) is 0 Å². The average molecular weight is 382 g/mol. The van der Waals surface area contributed by atoms with Crippen LogP contribution in [0.2, 0.25) is 0 Å². The van der Waals surface area contributed by atoms with Gasteiger partial charge in [0.1, 0.15) is 5.75 Å². The lowest BCUT2D eigenvalue weighted by Gasteiger charge is -2.31. The maximum Gasteiger partial charge on any atom is 0.253 e. The van der Waals surface area contributed by atoms with Crippen molar-refractivity contribution in [2.75, 3.05) is 45.7 Å². The molecule has 2 aromatic carbocycles. The van der Waals surface area contributed by atoms with Crippen molar-refractivity contribution in [3.63, 3.8) is 0 Å². The van der Waals surface area contributed by atoms with Crippen LogP contribution in [0.3, 0.4) is 0 Å². The zero-order valence-corrected chi connectivity index (χ0v) is 17.4. The largest absolute Gasteiger partial charge is 0.497 e. The number of anilines is 2. The summed E-state index contributed by atoms with van der Waals surface area (Å²) in [6, 6.07) is 16.4. The van der Waals surface area contributed by atoms with Crippen molar-refractivity contribution in [1.82, 2.24) is 9.80 Å². The predicted octanol–water partition coefficient (Wildman–Crippen LogP) is 4.02. The van der Waals surface area contributed by atoms with Crippen LogP contribution in [0.4, 0.5) is 11.4 Å². The highest BCUT2D eigenvalue weighted by atomic mass is 16.5. The van der Waals surface area contributed by atoms with Gasteiger partial charge in [-0.2, -0.15) is 0 Å². The first kappa shape index (κ1) is 20.2. The summed E-state index contributed by atoms with van der Waals surface area (Å²) in [6.45, 7) is 4.78. The average Bonchev–Trinajstić information content (AvgIpc) is 3.26. The molecule has 1 saturated heterocycles. The quantitative estimate of drug-likeness (QED) is 0.726. The van der Waals surface area contributed by atoms with E-state index in [-0.39, 0.29) is 5.91 Å². The van der Waals surface area contributed by atoms with Gasteiger partial charge in [0.25, 0.3) is 5.91 Å². The van der Waals surface area contributed by atoms with Crippen LogP contribution in [0.5, 0.6) is 5.75 Å². The number of benzene rings is 2. The molecule has 0 aromatic heterocycles. The molecule has 28 heavy (non-hydrogen) atoms. The van der Waals surface area contributed by atoms with Crippen molar-refractivity contribution in [3.05, 3.63) is 54.1 Å². The Morgan fingerprint density at radius 1 is 1.07 bits per heavy atom. The van der Waals surface area contributed by atoms with E-state index in [1.807, 2.05) is 47.4 Å². The predicted molar refractivity (Wildman–Crippen MR) is 115 cm³/mol. The summed E-state index contributed by atoms with van der Waals surface area (Å²) in [6.07, 6.45) is 2.21. The molecule has 1 aliphatic heterocycles. The molecule has 0 saturated carbocycles. The number of hydrogen-bond acceptors (Lipinski definition) is 4. The molecule has 1 fully saturated rings. The van der Waals surface area contributed by atoms with Crippen LogP contribution in [0.1, 0.15) is 30.1 Å². The van der Waals surface area contributed by atoms with Gasteiger partial charge in [-0.25, -0.2) is 0 Å². The van der Waals surface area contributed by atoms with Crippen LogP contribution < -0.4 is 9.64 Å². The molecule has 1 atom stereocenters. The van der Waals surface area contributed by atoms with Gasteiger partial charge in [0.05, 0.1) is 7.11 Å². The summed E-state index contributed by atoms with van der Waals surface area (Å²) < 4.78 is 5.41. The zero-order valence-electron chi connectivity index (χ0n) is 17.4. The first-order chi connectivity index (χ1) is 13.5. The number of likely N-dealkylation sites (N-methyl/N-ethyl adjacent to an activating group) is 1. The molecule has 0 spiro atoms. The number of rotatable bonds is 7. The van der Waals surface area contributed by atoms with Crippen LogP contribution in [0.15, 0.2) is 48.5 Å². The summed E-state index contributed by atoms with van der Waals surface area (Å²) in [5, 5.41) is 0. The Morgan fingerprint density at radius 3 is 2.36 bits per heavy atom. The molecule has 0 radical (unpaired) electrons. The SMILES string of the molecule is COc1cccc(N(CC(C)N(C)C)c2ccc(C(=O)N3CCCC3)cc2)c1. The molecule has 5 heteroatoms. The Bertz CT molecular complexity index is 783. The minimum atomic E-state index is 0.138. The maximum absolute atomic E-state index is 12.6. The first-order valence-electron chi connectivity index (χ1n) is 9.97. The molecule has 150 valence electrons. The van der Waals surface area contributed by atoms with E-state index in [0.29, 0.717) is 6.04 Å². The number of carbonyl (C=O) groups is 1. The van der Waals surface area contributed by atoms with E-state index in [1.54, 1.807) is 7.11 Å². The Balaban J connectivity index is 1.87. The van der Waals surface area contributed by atoms with Crippen LogP contribution in [0, 0.1) is 0 Å². The Labute approximate surface area is 168 Å². The summed E-state index contributed by atoms with van der Waals surface area (Å²) in [5.74, 6) is 0.972. The third kappa shape index (κ3) is 4.65. The molecule has 1 heterocycles. The molecule has 1 amide bonds. The maximum atomic E-state index is 12.6. The topological polar surface area (TPSA) is 36.0 Å². The third-order valence-corrected chi connectivity index (χ3v) is 5.51. The van der Waals surface area contributed by atoms with Gasteiger partial charge in [-0.05, 0) is 70.3 Å². The molecule has 3 rings (SSSR count). The normalized spacial score (nSPS) is 15.0. The van der Waals surface area contributed by atoms with Gasteiger partial charge in [0, 0.05) is 48.7 Å². The van der Waals surface area contributed by atoms with Crippen LogP contribution in [0.25, 0.3) is 0 Å². The Hall–Kier alpha value is -2.53. The second-order valence-electron chi connectivity index (χ2n) is 7.67.